The number of hydrogen-bond acceptors (Lipinski definition) is 3. The number of fused-ring (bicyclic) bond motifs is 1. The Balaban J connectivity index is 1.74. The number of rotatable bonds is 4. The molecule has 0 saturated carbocycles. The summed E-state index contributed by atoms with van der Waals surface area (Å²) in [5, 5.41) is 4.01. The number of carbonyl (C=O) groups excluding carboxylic acids is 1. The average Bonchev–Trinajstić information content (AvgIpc) is 2.58. The maximum absolute atomic E-state index is 12.4. The number of hydrogen-bond donors (Lipinski definition) is 1. The monoisotopic (exact) mass is 341 g/mol. The molecule has 2 aromatic carbocycles. The Kier molecular flexibility index (Phi) is 4.62. The Morgan fingerprint density at radius 2 is 1.92 bits per heavy atom. The lowest BCUT2D eigenvalue weighted by atomic mass is 10.1. The summed E-state index contributed by atoms with van der Waals surface area (Å²) in [5.74, 6) is -0.253. The van der Waals surface area contributed by atoms with Gasteiger partial charge in [-0.1, -0.05) is 35.9 Å². The second kappa shape index (κ2) is 6.84. The first-order valence-corrected chi connectivity index (χ1v) is 7.91. The summed E-state index contributed by atoms with van der Waals surface area (Å²) in [6.07, 6.45) is 1.40. The number of amides is 1. The molecule has 0 saturated heterocycles. The van der Waals surface area contributed by atoms with Gasteiger partial charge in [0.05, 0.1) is 23.3 Å². The van der Waals surface area contributed by atoms with Crippen LogP contribution in [0.5, 0.6) is 0 Å². The molecular formula is C18H16ClN3O2. The van der Waals surface area contributed by atoms with Gasteiger partial charge < -0.3 is 5.32 Å². The lowest BCUT2D eigenvalue weighted by molar-refractivity contribution is -0.122. The van der Waals surface area contributed by atoms with Gasteiger partial charge in [0.15, 0.2) is 0 Å². The number of nitrogens with zero attached hydrogens (tertiary/aromatic N) is 2. The van der Waals surface area contributed by atoms with Crippen LogP contribution in [0.2, 0.25) is 5.02 Å². The molecule has 6 heteroatoms. The van der Waals surface area contributed by atoms with Crippen molar-refractivity contribution in [2.24, 2.45) is 0 Å². The molecule has 0 fully saturated rings. The van der Waals surface area contributed by atoms with E-state index in [-0.39, 0.29) is 24.1 Å². The maximum atomic E-state index is 12.4. The third kappa shape index (κ3) is 3.46. The molecule has 0 radical (unpaired) electrons. The van der Waals surface area contributed by atoms with Crippen LogP contribution < -0.4 is 10.9 Å². The first-order valence-electron chi connectivity index (χ1n) is 7.53. The van der Waals surface area contributed by atoms with E-state index in [0.717, 1.165) is 5.56 Å². The van der Waals surface area contributed by atoms with Crippen LogP contribution in [-0.4, -0.2) is 15.5 Å². The predicted octanol–water partition coefficient (Wildman–Crippen LogP) is 2.93. The number of halogens is 1. The minimum atomic E-state index is -0.253. The molecule has 0 spiro atoms. The van der Waals surface area contributed by atoms with Crippen LogP contribution in [0.3, 0.4) is 0 Å². The fourth-order valence-electron chi connectivity index (χ4n) is 2.50. The van der Waals surface area contributed by atoms with Crippen molar-refractivity contribution in [3.05, 3.63) is 75.8 Å². The van der Waals surface area contributed by atoms with Crippen molar-refractivity contribution >= 4 is 28.4 Å². The summed E-state index contributed by atoms with van der Waals surface area (Å²) in [4.78, 5) is 28.8. The van der Waals surface area contributed by atoms with Gasteiger partial charge in [0, 0.05) is 5.02 Å². The SMILES string of the molecule is CC(NC(=O)Cn1cnc2ccccc2c1=O)c1ccc(Cl)cc1. The van der Waals surface area contributed by atoms with E-state index in [2.05, 4.69) is 10.3 Å². The third-order valence-electron chi connectivity index (χ3n) is 3.79. The first kappa shape index (κ1) is 16.2. The summed E-state index contributed by atoms with van der Waals surface area (Å²) < 4.78 is 1.31. The normalized spacial score (nSPS) is 12.1. The van der Waals surface area contributed by atoms with E-state index in [9.17, 15) is 9.59 Å². The minimum absolute atomic E-state index is 0.0748. The highest BCUT2D eigenvalue weighted by atomic mass is 35.5. The second-order valence-electron chi connectivity index (χ2n) is 5.54. The molecule has 0 aliphatic heterocycles. The fourth-order valence-corrected chi connectivity index (χ4v) is 2.62. The second-order valence-corrected chi connectivity index (χ2v) is 5.97. The molecule has 5 nitrogen and oxygen atoms in total. The minimum Gasteiger partial charge on any atom is -0.348 e. The van der Waals surface area contributed by atoms with Crippen LogP contribution in [0.1, 0.15) is 18.5 Å². The highest BCUT2D eigenvalue weighted by Gasteiger charge is 2.12. The van der Waals surface area contributed by atoms with Crippen LogP contribution in [-0.2, 0) is 11.3 Å². The largest absolute Gasteiger partial charge is 0.348 e. The summed E-state index contributed by atoms with van der Waals surface area (Å²) in [5.41, 5.74) is 1.33. The molecule has 0 bridgehead atoms. The first-order chi connectivity index (χ1) is 11.5. The molecule has 1 N–H and O–H groups in total. The molecule has 1 amide bonds. The van der Waals surface area contributed by atoms with E-state index in [4.69, 9.17) is 11.6 Å². The van der Waals surface area contributed by atoms with Crippen LogP contribution in [0.4, 0.5) is 0 Å². The zero-order chi connectivity index (χ0) is 17.1. The average molecular weight is 342 g/mol. The topological polar surface area (TPSA) is 64.0 Å². The Morgan fingerprint density at radius 3 is 2.67 bits per heavy atom. The molecule has 0 aliphatic carbocycles. The van der Waals surface area contributed by atoms with Crippen LogP contribution in [0.15, 0.2) is 59.7 Å². The lowest BCUT2D eigenvalue weighted by Crippen LogP contribution is -2.33. The zero-order valence-corrected chi connectivity index (χ0v) is 13.8. The predicted molar refractivity (Wildman–Crippen MR) is 94.0 cm³/mol. The Labute approximate surface area is 143 Å². The lowest BCUT2D eigenvalue weighted by Gasteiger charge is -2.15. The highest BCUT2D eigenvalue weighted by Crippen LogP contribution is 2.15. The van der Waals surface area contributed by atoms with E-state index in [1.807, 2.05) is 25.1 Å². The van der Waals surface area contributed by atoms with Gasteiger partial charge in [-0.25, -0.2) is 4.98 Å². The molecule has 1 atom stereocenters. The van der Waals surface area contributed by atoms with Gasteiger partial charge in [0.25, 0.3) is 5.56 Å². The van der Waals surface area contributed by atoms with Gasteiger partial charge in [-0.05, 0) is 36.8 Å². The fraction of sp³-hybridized carbons (Fsp3) is 0.167. The van der Waals surface area contributed by atoms with Gasteiger partial charge in [0.1, 0.15) is 6.54 Å². The summed E-state index contributed by atoms with van der Waals surface area (Å²) in [6.45, 7) is 1.80. The summed E-state index contributed by atoms with van der Waals surface area (Å²) >= 11 is 5.86. The number of nitrogens with one attached hydrogen (secondary N) is 1. The summed E-state index contributed by atoms with van der Waals surface area (Å²) in [7, 11) is 0. The van der Waals surface area contributed by atoms with E-state index in [0.29, 0.717) is 15.9 Å². The maximum Gasteiger partial charge on any atom is 0.261 e. The van der Waals surface area contributed by atoms with Crippen LogP contribution in [0, 0.1) is 0 Å². The molecule has 24 heavy (non-hydrogen) atoms. The molecule has 1 heterocycles. The molecule has 0 aliphatic rings. The van der Waals surface area contributed by atoms with Gasteiger partial charge in [-0.2, -0.15) is 0 Å². The number of para-hydroxylation sites is 1. The molecule has 3 rings (SSSR count). The standard InChI is InChI=1S/C18H16ClN3O2/c1-12(13-6-8-14(19)9-7-13)21-17(23)10-22-11-20-16-5-3-2-4-15(16)18(22)24/h2-9,11-12H,10H2,1H3,(H,21,23). The quantitative estimate of drug-likeness (QED) is 0.793. The Morgan fingerprint density at radius 1 is 1.21 bits per heavy atom. The van der Waals surface area contributed by atoms with Crippen molar-refractivity contribution in [1.82, 2.24) is 14.9 Å². The smallest absolute Gasteiger partial charge is 0.261 e. The van der Waals surface area contributed by atoms with E-state index in [1.54, 1.807) is 30.3 Å². The third-order valence-corrected chi connectivity index (χ3v) is 4.04. The molecule has 1 unspecified atom stereocenters. The van der Waals surface area contributed by atoms with Crippen molar-refractivity contribution < 1.29 is 4.79 Å². The number of benzene rings is 2. The Bertz CT molecular complexity index is 935. The van der Waals surface area contributed by atoms with Crippen molar-refractivity contribution in [3.8, 4) is 0 Å². The number of aromatic nitrogens is 2. The Hall–Kier alpha value is -2.66. The van der Waals surface area contributed by atoms with Crippen molar-refractivity contribution in [2.75, 3.05) is 0 Å². The molecular weight excluding hydrogens is 326 g/mol. The summed E-state index contributed by atoms with van der Waals surface area (Å²) in [6, 6.07) is 14.2. The van der Waals surface area contributed by atoms with E-state index in [1.165, 1.54) is 10.9 Å². The van der Waals surface area contributed by atoms with Crippen molar-refractivity contribution in [2.45, 2.75) is 19.5 Å². The van der Waals surface area contributed by atoms with E-state index < -0.39 is 0 Å². The molecule has 3 aromatic rings. The highest BCUT2D eigenvalue weighted by molar-refractivity contribution is 6.30. The van der Waals surface area contributed by atoms with Gasteiger partial charge >= 0.3 is 0 Å². The van der Waals surface area contributed by atoms with Crippen LogP contribution >= 0.6 is 11.6 Å². The van der Waals surface area contributed by atoms with E-state index >= 15 is 0 Å². The van der Waals surface area contributed by atoms with Crippen molar-refractivity contribution in [1.29, 1.82) is 0 Å². The van der Waals surface area contributed by atoms with Gasteiger partial charge in [-0.15, -0.1) is 0 Å². The van der Waals surface area contributed by atoms with Gasteiger partial charge in [-0.3, -0.25) is 14.2 Å². The number of carbonyl (C=O) groups is 1. The van der Waals surface area contributed by atoms with Crippen molar-refractivity contribution in [3.63, 3.8) is 0 Å². The van der Waals surface area contributed by atoms with Crippen LogP contribution in [0.25, 0.3) is 10.9 Å². The van der Waals surface area contributed by atoms with Gasteiger partial charge in [0.2, 0.25) is 5.91 Å². The molecule has 1 aromatic heterocycles. The zero-order valence-electron chi connectivity index (χ0n) is 13.1. The molecule has 122 valence electrons.